The number of carbonyl (C=O) groups is 1. The van der Waals surface area contributed by atoms with Crippen molar-refractivity contribution in [3.05, 3.63) is 0 Å². The minimum Gasteiger partial charge on any atom is -0.310 e. The zero-order valence-corrected chi connectivity index (χ0v) is 10.4. The number of hydrogen-bond donors (Lipinski definition) is 1. The third-order valence-corrected chi connectivity index (χ3v) is 0.927. The highest BCUT2D eigenvalue weighted by molar-refractivity contribution is 5.77. The van der Waals surface area contributed by atoms with E-state index in [1.807, 2.05) is 27.7 Å². The largest absolute Gasteiger partial charge is 0.310 e. The third-order valence-electron chi connectivity index (χ3n) is 0.927. The van der Waals surface area contributed by atoms with Crippen LogP contribution in [0.3, 0.4) is 0 Å². The summed E-state index contributed by atoms with van der Waals surface area (Å²) in [6, 6.07) is 0. The smallest absolute Gasteiger partial charge is 0.143 e. The number of Topliss-reactive ketones (excluding diaryl/α,β-unsaturated/α-hetero) is 1. The van der Waals surface area contributed by atoms with Crippen LogP contribution in [0.2, 0.25) is 0 Å². The maximum absolute atomic E-state index is 10.4. The van der Waals surface area contributed by atoms with Gasteiger partial charge in [-0.1, -0.05) is 41.5 Å². The SMILES string of the molecule is CC.CC.CC(=O)CNCC(C)C. The van der Waals surface area contributed by atoms with E-state index >= 15 is 0 Å². The Kier molecular flexibility index (Phi) is 25.0. The highest BCUT2D eigenvalue weighted by atomic mass is 16.1. The Morgan fingerprint density at radius 1 is 1.15 bits per heavy atom. The van der Waals surface area contributed by atoms with Crippen molar-refractivity contribution in [1.82, 2.24) is 5.32 Å². The van der Waals surface area contributed by atoms with Crippen LogP contribution in [-0.4, -0.2) is 18.9 Å². The van der Waals surface area contributed by atoms with Gasteiger partial charge in [-0.05, 0) is 19.4 Å². The van der Waals surface area contributed by atoms with Crippen LogP contribution in [0.15, 0.2) is 0 Å². The number of nitrogens with one attached hydrogen (secondary N) is 1. The van der Waals surface area contributed by atoms with E-state index in [1.54, 1.807) is 6.92 Å². The Morgan fingerprint density at radius 3 is 1.77 bits per heavy atom. The van der Waals surface area contributed by atoms with Gasteiger partial charge in [0.25, 0.3) is 0 Å². The van der Waals surface area contributed by atoms with Crippen LogP contribution >= 0.6 is 0 Å². The van der Waals surface area contributed by atoms with Crippen molar-refractivity contribution in [2.24, 2.45) is 5.92 Å². The number of rotatable bonds is 4. The standard InChI is InChI=1S/C7H15NO.2C2H6/c1-6(2)4-8-5-7(3)9;2*1-2/h6,8H,4-5H2,1-3H3;2*1-2H3. The minimum absolute atomic E-state index is 0.204. The van der Waals surface area contributed by atoms with Crippen LogP contribution in [0.1, 0.15) is 48.5 Å². The summed E-state index contributed by atoms with van der Waals surface area (Å²) in [4.78, 5) is 10.4. The molecule has 82 valence electrons. The van der Waals surface area contributed by atoms with E-state index in [0.717, 1.165) is 6.54 Å². The fourth-order valence-corrected chi connectivity index (χ4v) is 0.537. The molecule has 0 radical (unpaired) electrons. The molecule has 0 rings (SSSR count). The molecule has 0 aliphatic rings. The molecule has 2 nitrogen and oxygen atoms in total. The second-order valence-corrected chi connectivity index (χ2v) is 2.73. The molecule has 0 aliphatic carbocycles. The van der Waals surface area contributed by atoms with E-state index in [1.165, 1.54) is 0 Å². The summed E-state index contributed by atoms with van der Waals surface area (Å²) in [7, 11) is 0. The van der Waals surface area contributed by atoms with Crippen LogP contribution in [0.4, 0.5) is 0 Å². The van der Waals surface area contributed by atoms with Gasteiger partial charge in [0.2, 0.25) is 0 Å². The van der Waals surface area contributed by atoms with Crippen LogP contribution in [0.25, 0.3) is 0 Å². The molecule has 0 aromatic heterocycles. The number of carbonyl (C=O) groups excluding carboxylic acids is 1. The molecular weight excluding hydrogens is 162 g/mol. The van der Waals surface area contributed by atoms with Gasteiger partial charge >= 0.3 is 0 Å². The highest BCUT2D eigenvalue weighted by Gasteiger charge is 1.93. The van der Waals surface area contributed by atoms with Crippen molar-refractivity contribution in [3.8, 4) is 0 Å². The average molecular weight is 189 g/mol. The molecule has 0 bridgehead atoms. The monoisotopic (exact) mass is 189 g/mol. The Hall–Kier alpha value is -0.370. The van der Waals surface area contributed by atoms with Crippen molar-refractivity contribution in [1.29, 1.82) is 0 Å². The molecule has 1 N–H and O–H groups in total. The summed E-state index contributed by atoms with van der Waals surface area (Å²) in [5, 5.41) is 3.03. The van der Waals surface area contributed by atoms with Crippen molar-refractivity contribution < 1.29 is 4.79 Å². The Balaban J connectivity index is -0.000000218. The summed E-state index contributed by atoms with van der Waals surface area (Å²) in [5.41, 5.74) is 0. The Morgan fingerprint density at radius 2 is 1.54 bits per heavy atom. The van der Waals surface area contributed by atoms with Crippen LogP contribution < -0.4 is 5.32 Å². The van der Waals surface area contributed by atoms with Gasteiger partial charge in [-0.25, -0.2) is 0 Å². The van der Waals surface area contributed by atoms with E-state index < -0.39 is 0 Å². The predicted molar refractivity (Wildman–Crippen MR) is 61.1 cm³/mol. The van der Waals surface area contributed by atoms with Gasteiger partial charge in [-0.15, -0.1) is 0 Å². The quantitative estimate of drug-likeness (QED) is 0.737. The molecule has 0 heterocycles. The molecule has 0 amide bonds. The first-order valence-electron chi connectivity index (χ1n) is 5.33. The summed E-state index contributed by atoms with van der Waals surface area (Å²) < 4.78 is 0. The summed E-state index contributed by atoms with van der Waals surface area (Å²) >= 11 is 0. The van der Waals surface area contributed by atoms with Gasteiger partial charge in [-0.3, -0.25) is 4.79 Å². The average Bonchev–Trinajstić information content (AvgIpc) is 2.10. The van der Waals surface area contributed by atoms with Crippen LogP contribution in [0.5, 0.6) is 0 Å². The molecule has 0 aliphatic heterocycles. The van der Waals surface area contributed by atoms with Crippen molar-refractivity contribution in [3.63, 3.8) is 0 Å². The molecule has 0 saturated heterocycles. The van der Waals surface area contributed by atoms with E-state index in [4.69, 9.17) is 0 Å². The van der Waals surface area contributed by atoms with Crippen LogP contribution in [0, 0.1) is 5.92 Å². The zero-order valence-electron chi connectivity index (χ0n) is 10.4. The molecule has 0 fully saturated rings. The molecule has 0 aromatic rings. The van der Waals surface area contributed by atoms with Gasteiger partial charge in [0.05, 0.1) is 6.54 Å². The van der Waals surface area contributed by atoms with Crippen molar-refractivity contribution in [2.75, 3.05) is 13.1 Å². The van der Waals surface area contributed by atoms with Gasteiger partial charge < -0.3 is 5.32 Å². The summed E-state index contributed by atoms with van der Waals surface area (Å²) in [5.74, 6) is 0.833. The number of hydrogen-bond acceptors (Lipinski definition) is 2. The fraction of sp³-hybridized carbons (Fsp3) is 0.909. The second kappa shape index (κ2) is 17.6. The lowest BCUT2D eigenvalue weighted by Gasteiger charge is -2.03. The predicted octanol–water partition coefficient (Wildman–Crippen LogP) is 2.87. The van der Waals surface area contributed by atoms with Gasteiger partial charge in [0, 0.05) is 0 Å². The van der Waals surface area contributed by atoms with Gasteiger partial charge in [0.1, 0.15) is 5.78 Å². The fourth-order valence-electron chi connectivity index (χ4n) is 0.537. The minimum atomic E-state index is 0.204. The Labute approximate surface area is 84.1 Å². The van der Waals surface area contributed by atoms with E-state index in [-0.39, 0.29) is 5.78 Å². The number of ketones is 1. The molecular formula is C11H27NO. The van der Waals surface area contributed by atoms with Crippen molar-refractivity contribution >= 4 is 5.78 Å². The molecule has 0 spiro atoms. The first kappa shape index (κ1) is 18.4. The molecule has 0 aromatic carbocycles. The molecule has 0 atom stereocenters. The second-order valence-electron chi connectivity index (χ2n) is 2.73. The maximum Gasteiger partial charge on any atom is 0.143 e. The van der Waals surface area contributed by atoms with E-state index in [2.05, 4.69) is 19.2 Å². The summed E-state index contributed by atoms with van der Waals surface area (Å²) in [6.07, 6.45) is 0. The first-order valence-corrected chi connectivity index (χ1v) is 5.33. The molecule has 0 saturated carbocycles. The van der Waals surface area contributed by atoms with E-state index in [9.17, 15) is 4.79 Å². The lowest BCUT2D eigenvalue weighted by molar-refractivity contribution is -0.116. The molecule has 13 heavy (non-hydrogen) atoms. The lowest BCUT2D eigenvalue weighted by atomic mass is 10.2. The normalized spacial score (nSPS) is 8.00. The van der Waals surface area contributed by atoms with Crippen LogP contribution in [-0.2, 0) is 4.79 Å². The molecule has 2 heteroatoms. The summed E-state index contributed by atoms with van der Waals surface area (Å²) in [6.45, 7) is 15.3. The van der Waals surface area contributed by atoms with Gasteiger partial charge in [-0.2, -0.15) is 0 Å². The maximum atomic E-state index is 10.4. The van der Waals surface area contributed by atoms with Gasteiger partial charge in [0.15, 0.2) is 0 Å². The Bertz CT molecular complexity index is 90.1. The third kappa shape index (κ3) is 34.0. The molecule has 0 unspecified atom stereocenters. The van der Waals surface area contributed by atoms with Crippen molar-refractivity contribution in [2.45, 2.75) is 48.5 Å². The lowest BCUT2D eigenvalue weighted by Crippen LogP contribution is -2.24. The topological polar surface area (TPSA) is 29.1 Å². The van der Waals surface area contributed by atoms with E-state index in [0.29, 0.717) is 12.5 Å². The highest BCUT2D eigenvalue weighted by Crippen LogP contribution is 1.85. The zero-order chi connectivity index (χ0) is 11.3. The first-order chi connectivity index (χ1) is 6.13.